The van der Waals surface area contributed by atoms with Crippen molar-refractivity contribution < 1.29 is 36.2 Å². The van der Waals surface area contributed by atoms with Gasteiger partial charge in [0.05, 0.1) is 11.1 Å². The van der Waals surface area contributed by atoms with E-state index in [2.05, 4.69) is 10.1 Å². The molecule has 1 fully saturated rings. The molecule has 0 radical (unpaired) electrons. The average Bonchev–Trinajstić information content (AvgIpc) is 3.37. The maximum atomic E-state index is 13.8. The van der Waals surface area contributed by atoms with Gasteiger partial charge in [0.1, 0.15) is 5.82 Å². The van der Waals surface area contributed by atoms with Gasteiger partial charge in [0.25, 0.3) is 0 Å². The molecule has 0 amide bonds. The van der Waals surface area contributed by atoms with E-state index in [-0.39, 0.29) is 47.5 Å². The number of pyridine rings is 1. The summed E-state index contributed by atoms with van der Waals surface area (Å²) in [5.74, 6) is 0.179. The Labute approximate surface area is 256 Å². The maximum Gasteiger partial charge on any atom is 0.417 e. The average molecular weight is 646 g/mol. The van der Waals surface area contributed by atoms with Crippen molar-refractivity contribution in [2.24, 2.45) is 18.9 Å². The molecule has 1 aromatic carbocycles. The highest BCUT2D eigenvalue weighted by Crippen LogP contribution is 2.36. The largest absolute Gasteiger partial charge is 0.481 e. The number of aryl methyl sites for hydroxylation is 1. The first-order valence-electron chi connectivity index (χ1n) is 14.3. The molecule has 0 unspecified atom stereocenters. The van der Waals surface area contributed by atoms with Crippen molar-refractivity contribution in [2.45, 2.75) is 64.5 Å². The zero-order valence-corrected chi connectivity index (χ0v) is 25.1. The molecular formula is C30H34ClF6N5O2. The molecule has 1 saturated carbocycles. The van der Waals surface area contributed by atoms with Gasteiger partial charge in [0.15, 0.2) is 5.82 Å². The van der Waals surface area contributed by atoms with Crippen LogP contribution in [0.25, 0.3) is 0 Å². The highest BCUT2D eigenvalue weighted by atomic mass is 35.5. The Kier molecular flexibility index (Phi) is 10.4. The number of aliphatic carboxylic acids is 1. The van der Waals surface area contributed by atoms with Crippen LogP contribution >= 0.6 is 11.6 Å². The Morgan fingerprint density at radius 2 is 1.64 bits per heavy atom. The minimum Gasteiger partial charge on any atom is -0.481 e. The first kappa shape index (κ1) is 33.4. The third-order valence-electron chi connectivity index (χ3n) is 7.90. The quantitative estimate of drug-likeness (QED) is 0.214. The zero-order chi connectivity index (χ0) is 32.2. The van der Waals surface area contributed by atoms with Gasteiger partial charge in [-0.1, -0.05) is 11.6 Å². The van der Waals surface area contributed by atoms with Gasteiger partial charge in [-0.2, -0.15) is 31.4 Å². The van der Waals surface area contributed by atoms with Crippen LogP contribution in [0.3, 0.4) is 0 Å². The minimum absolute atomic E-state index is 0.106. The van der Waals surface area contributed by atoms with Crippen molar-refractivity contribution in [1.29, 1.82) is 0 Å². The third kappa shape index (κ3) is 8.80. The summed E-state index contributed by atoms with van der Waals surface area (Å²) in [4.78, 5) is 18.9. The summed E-state index contributed by atoms with van der Waals surface area (Å²) < 4.78 is 83.6. The van der Waals surface area contributed by atoms with Gasteiger partial charge in [-0.15, -0.1) is 0 Å². The van der Waals surface area contributed by atoms with E-state index in [9.17, 15) is 31.1 Å². The number of anilines is 2. The summed E-state index contributed by atoms with van der Waals surface area (Å²) in [5, 5.41) is 13.4. The Balaban J connectivity index is 1.67. The van der Waals surface area contributed by atoms with E-state index < -0.39 is 29.4 Å². The second-order valence-electron chi connectivity index (χ2n) is 11.3. The number of carboxylic acids is 1. The van der Waals surface area contributed by atoms with Gasteiger partial charge in [-0.3, -0.25) is 9.48 Å². The number of halogens is 7. The van der Waals surface area contributed by atoms with Gasteiger partial charge in [-0.05, 0) is 74.3 Å². The van der Waals surface area contributed by atoms with Crippen molar-refractivity contribution in [3.05, 3.63) is 70.0 Å². The Morgan fingerprint density at radius 1 is 0.977 bits per heavy atom. The molecule has 1 aliphatic rings. The maximum absolute atomic E-state index is 13.8. The van der Waals surface area contributed by atoms with Crippen LogP contribution in [0, 0.1) is 11.8 Å². The number of hydrogen-bond donors (Lipinski definition) is 1. The zero-order valence-electron chi connectivity index (χ0n) is 24.3. The first-order valence-corrected chi connectivity index (χ1v) is 14.6. The Morgan fingerprint density at radius 3 is 2.20 bits per heavy atom. The molecule has 0 saturated heterocycles. The highest BCUT2D eigenvalue weighted by molar-refractivity contribution is 6.30. The van der Waals surface area contributed by atoms with E-state index in [1.807, 2.05) is 11.8 Å². The van der Waals surface area contributed by atoms with Crippen LogP contribution in [0.1, 0.15) is 61.3 Å². The molecule has 0 spiro atoms. The SMILES string of the molecule is CCN(C[C@H]1CC[C@H](CC(=O)O)CC1)c1ncc(C(F)(F)F)cc1CN(Cc1cc(Cl)cc(C(F)(F)F)c1)c1ccn(C)n1. The molecule has 44 heavy (non-hydrogen) atoms. The lowest BCUT2D eigenvalue weighted by Crippen LogP contribution is -2.34. The van der Waals surface area contributed by atoms with E-state index in [0.29, 0.717) is 24.7 Å². The molecule has 4 rings (SSSR count). The van der Waals surface area contributed by atoms with Gasteiger partial charge >= 0.3 is 18.3 Å². The van der Waals surface area contributed by atoms with Crippen LogP contribution in [0.5, 0.6) is 0 Å². The molecular weight excluding hydrogens is 612 g/mol. The predicted octanol–water partition coefficient (Wildman–Crippen LogP) is 7.82. The number of carbonyl (C=O) groups is 1. The molecule has 0 aliphatic heterocycles. The van der Waals surface area contributed by atoms with Gasteiger partial charge in [-0.25, -0.2) is 4.98 Å². The second-order valence-corrected chi connectivity index (χ2v) is 11.7. The fourth-order valence-electron chi connectivity index (χ4n) is 5.72. The van der Waals surface area contributed by atoms with E-state index in [1.54, 1.807) is 24.2 Å². The molecule has 2 heterocycles. The number of nitrogens with zero attached hydrogens (tertiary/aromatic N) is 5. The van der Waals surface area contributed by atoms with Crippen molar-refractivity contribution in [2.75, 3.05) is 22.9 Å². The number of rotatable bonds is 11. The fraction of sp³-hybridized carbons (Fsp3) is 0.500. The lowest BCUT2D eigenvalue weighted by atomic mass is 9.80. The van der Waals surface area contributed by atoms with Crippen LogP contribution in [-0.2, 0) is 37.3 Å². The van der Waals surface area contributed by atoms with Crippen LogP contribution in [-0.4, -0.2) is 38.9 Å². The molecule has 2 aromatic heterocycles. The molecule has 1 aliphatic carbocycles. The number of hydrogen-bond acceptors (Lipinski definition) is 5. The molecule has 240 valence electrons. The van der Waals surface area contributed by atoms with E-state index in [4.69, 9.17) is 16.7 Å². The summed E-state index contributed by atoms with van der Waals surface area (Å²) in [5.41, 5.74) is -1.42. The van der Waals surface area contributed by atoms with Crippen molar-refractivity contribution in [3.63, 3.8) is 0 Å². The molecule has 14 heteroatoms. The number of alkyl halides is 6. The summed E-state index contributed by atoms with van der Waals surface area (Å²) in [6.45, 7) is 2.61. The van der Waals surface area contributed by atoms with Gasteiger partial charge in [0, 0.05) is 68.7 Å². The van der Waals surface area contributed by atoms with Crippen LogP contribution in [0.4, 0.5) is 38.0 Å². The lowest BCUT2D eigenvalue weighted by molar-refractivity contribution is -0.139. The standard InChI is InChI=1S/C30H34ClF6N5O2/c1-3-41(16-20-6-4-19(5-7-20)12-27(43)44)28-22(13-24(15-38-28)30(35,36)37)18-42(26-8-9-40(2)39-26)17-21-10-23(29(32,33)34)14-25(31)11-21/h8-11,13-15,19-20H,3-7,12,16-18H2,1-2H3,(H,43,44)/t19-,20-. The van der Waals surface area contributed by atoms with Crippen molar-refractivity contribution >= 4 is 29.2 Å². The normalized spacial score (nSPS) is 17.5. The van der Waals surface area contributed by atoms with Crippen LogP contribution in [0.15, 0.2) is 42.7 Å². The highest BCUT2D eigenvalue weighted by Gasteiger charge is 2.34. The predicted molar refractivity (Wildman–Crippen MR) is 154 cm³/mol. The molecule has 0 bridgehead atoms. The van der Waals surface area contributed by atoms with E-state index in [0.717, 1.165) is 50.1 Å². The fourth-order valence-corrected chi connectivity index (χ4v) is 5.98. The van der Waals surface area contributed by atoms with E-state index in [1.165, 1.54) is 10.7 Å². The Hall–Kier alpha value is -3.48. The molecule has 7 nitrogen and oxygen atoms in total. The van der Waals surface area contributed by atoms with Gasteiger partial charge in [0.2, 0.25) is 0 Å². The van der Waals surface area contributed by atoms with Crippen LogP contribution < -0.4 is 9.80 Å². The minimum atomic E-state index is -4.66. The van der Waals surface area contributed by atoms with Crippen molar-refractivity contribution in [3.8, 4) is 0 Å². The smallest absolute Gasteiger partial charge is 0.417 e. The Bertz CT molecular complexity index is 1440. The van der Waals surface area contributed by atoms with Crippen molar-refractivity contribution in [1.82, 2.24) is 14.8 Å². The second kappa shape index (κ2) is 13.7. The topological polar surface area (TPSA) is 74.5 Å². The first-order chi connectivity index (χ1) is 20.6. The summed E-state index contributed by atoms with van der Waals surface area (Å²) in [7, 11) is 1.66. The number of benzene rings is 1. The number of aromatic nitrogens is 3. The van der Waals surface area contributed by atoms with Gasteiger partial charge < -0.3 is 14.9 Å². The van der Waals surface area contributed by atoms with Crippen LogP contribution in [0.2, 0.25) is 5.02 Å². The molecule has 1 N–H and O–H groups in total. The summed E-state index contributed by atoms with van der Waals surface area (Å²) in [6.07, 6.45) is -3.65. The monoisotopic (exact) mass is 645 g/mol. The van der Waals surface area contributed by atoms with E-state index >= 15 is 0 Å². The molecule has 0 atom stereocenters. The molecule has 3 aromatic rings. The third-order valence-corrected chi connectivity index (χ3v) is 8.12. The summed E-state index contributed by atoms with van der Waals surface area (Å²) >= 11 is 6.02. The summed E-state index contributed by atoms with van der Waals surface area (Å²) in [6, 6.07) is 5.83. The lowest BCUT2D eigenvalue weighted by Gasteiger charge is -2.34. The number of carboxylic acid groups (broad SMARTS) is 1.